The largest absolute Gasteiger partial charge is 0.317 e. The van der Waals surface area contributed by atoms with Gasteiger partial charge in [-0.25, -0.2) is 0 Å². The van der Waals surface area contributed by atoms with Gasteiger partial charge in [0, 0.05) is 29.6 Å². The third-order valence-corrected chi connectivity index (χ3v) is 6.95. The zero-order valence-corrected chi connectivity index (χ0v) is 15.5. The number of rotatable bonds is 5. The first-order valence-electron chi connectivity index (χ1n) is 9.07. The predicted molar refractivity (Wildman–Crippen MR) is 96.2 cm³/mol. The van der Waals surface area contributed by atoms with E-state index in [1.807, 2.05) is 0 Å². The van der Waals surface area contributed by atoms with Crippen molar-refractivity contribution in [3.63, 3.8) is 0 Å². The van der Waals surface area contributed by atoms with Crippen molar-refractivity contribution in [3.05, 3.63) is 0 Å². The van der Waals surface area contributed by atoms with Crippen molar-refractivity contribution in [1.29, 1.82) is 0 Å². The lowest BCUT2D eigenvalue weighted by Crippen LogP contribution is -2.45. The van der Waals surface area contributed by atoms with Gasteiger partial charge in [-0.2, -0.15) is 11.8 Å². The Morgan fingerprint density at radius 3 is 2.76 bits per heavy atom. The van der Waals surface area contributed by atoms with Gasteiger partial charge < -0.3 is 10.2 Å². The molecule has 0 radical (unpaired) electrons. The summed E-state index contributed by atoms with van der Waals surface area (Å²) in [6.07, 6.45) is 8.42. The van der Waals surface area contributed by atoms with Gasteiger partial charge in [-0.3, -0.25) is 0 Å². The Labute approximate surface area is 136 Å². The molecule has 3 heteroatoms. The minimum atomic E-state index is 0.481. The second-order valence-electron chi connectivity index (χ2n) is 7.78. The number of hydrogen-bond donors (Lipinski definition) is 1. The summed E-state index contributed by atoms with van der Waals surface area (Å²) in [6.45, 7) is 11.1. The van der Waals surface area contributed by atoms with Crippen LogP contribution in [0.4, 0.5) is 0 Å². The molecule has 2 aliphatic rings. The van der Waals surface area contributed by atoms with Gasteiger partial charge in [0.2, 0.25) is 0 Å². The molecule has 2 fully saturated rings. The van der Waals surface area contributed by atoms with Gasteiger partial charge in [0.25, 0.3) is 0 Å². The molecule has 1 saturated heterocycles. The molecule has 124 valence electrons. The molecule has 0 spiro atoms. The Morgan fingerprint density at radius 1 is 1.24 bits per heavy atom. The summed E-state index contributed by atoms with van der Waals surface area (Å²) >= 11 is 2.16. The van der Waals surface area contributed by atoms with Crippen molar-refractivity contribution in [2.24, 2.45) is 11.8 Å². The Bertz CT molecular complexity index is 306. The third kappa shape index (κ3) is 5.44. The van der Waals surface area contributed by atoms with E-state index in [1.54, 1.807) is 0 Å². The van der Waals surface area contributed by atoms with Gasteiger partial charge in [-0.1, -0.05) is 33.6 Å². The fourth-order valence-electron chi connectivity index (χ4n) is 4.19. The monoisotopic (exact) mass is 312 g/mol. The van der Waals surface area contributed by atoms with Crippen molar-refractivity contribution in [1.82, 2.24) is 10.2 Å². The van der Waals surface area contributed by atoms with Crippen LogP contribution in [0.15, 0.2) is 0 Å². The summed E-state index contributed by atoms with van der Waals surface area (Å²) in [7, 11) is 2.17. The molecule has 1 heterocycles. The van der Waals surface area contributed by atoms with Crippen LogP contribution in [0, 0.1) is 11.8 Å². The van der Waals surface area contributed by atoms with E-state index in [0.29, 0.717) is 4.75 Å². The third-order valence-electron chi connectivity index (χ3n) is 5.58. The molecular weight excluding hydrogens is 276 g/mol. The highest BCUT2D eigenvalue weighted by atomic mass is 32.2. The molecule has 3 atom stereocenters. The standard InChI is InChI=1S/C18H36N2S/c1-5-6-15-7-8-17(19-4)16(13-15)14-20-10-9-18(2,3)21-12-11-20/h15-17,19H,5-14H2,1-4H3. The first-order valence-corrected chi connectivity index (χ1v) is 10.1. The van der Waals surface area contributed by atoms with E-state index in [2.05, 4.69) is 49.8 Å². The molecule has 21 heavy (non-hydrogen) atoms. The number of thioether (sulfide) groups is 1. The van der Waals surface area contributed by atoms with Gasteiger partial charge >= 0.3 is 0 Å². The van der Waals surface area contributed by atoms with Crippen LogP contribution in [0.5, 0.6) is 0 Å². The van der Waals surface area contributed by atoms with Gasteiger partial charge in [0.05, 0.1) is 0 Å². The van der Waals surface area contributed by atoms with E-state index in [1.165, 1.54) is 63.9 Å². The molecule has 1 aliphatic carbocycles. The fraction of sp³-hybridized carbons (Fsp3) is 1.00. The SMILES string of the molecule is CCCC1CCC(NC)C(CN2CCSC(C)(C)CC2)C1. The summed E-state index contributed by atoms with van der Waals surface area (Å²) in [5, 5.41) is 3.61. The van der Waals surface area contributed by atoms with Crippen molar-refractivity contribution in [2.45, 2.75) is 70.1 Å². The summed E-state index contributed by atoms with van der Waals surface area (Å²) < 4.78 is 0.481. The highest BCUT2D eigenvalue weighted by Crippen LogP contribution is 2.34. The van der Waals surface area contributed by atoms with Crippen molar-refractivity contribution in [2.75, 3.05) is 32.4 Å². The highest BCUT2D eigenvalue weighted by molar-refractivity contribution is 8.00. The molecule has 0 aromatic carbocycles. The van der Waals surface area contributed by atoms with Gasteiger partial charge in [0.15, 0.2) is 0 Å². The van der Waals surface area contributed by atoms with E-state index in [-0.39, 0.29) is 0 Å². The maximum Gasteiger partial charge on any atom is 0.0116 e. The van der Waals surface area contributed by atoms with E-state index >= 15 is 0 Å². The number of nitrogens with one attached hydrogen (secondary N) is 1. The first-order chi connectivity index (χ1) is 10.0. The van der Waals surface area contributed by atoms with E-state index in [9.17, 15) is 0 Å². The van der Waals surface area contributed by atoms with Crippen molar-refractivity contribution in [3.8, 4) is 0 Å². The minimum Gasteiger partial charge on any atom is -0.317 e. The molecule has 1 saturated carbocycles. The van der Waals surface area contributed by atoms with Crippen LogP contribution >= 0.6 is 11.8 Å². The summed E-state index contributed by atoms with van der Waals surface area (Å²) in [6, 6.07) is 0.752. The molecule has 0 aromatic heterocycles. The summed E-state index contributed by atoms with van der Waals surface area (Å²) in [5.74, 6) is 3.16. The maximum atomic E-state index is 3.61. The number of nitrogens with zero attached hydrogens (tertiary/aromatic N) is 1. The summed E-state index contributed by atoms with van der Waals surface area (Å²) in [4.78, 5) is 2.76. The number of hydrogen-bond acceptors (Lipinski definition) is 3. The minimum absolute atomic E-state index is 0.481. The zero-order chi connectivity index (χ0) is 15.3. The van der Waals surface area contributed by atoms with Crippen LogP contribution in [-0.2, 0) is 0 Å². The summed E-state index contributed by atoms with van der Waals surface area (Å²) in [5.41, 5.74) is 0. The average molecular weight is 313 g/mol. The maximum absolute atomic E-state index is 3.61. The smallest absolute Gasteiger partial charge is 0.0116 e. The Kier molecular flexibility index (Phi) is 6.89. The second kappa shape index (κ2) is 8.21. The molecule has 0 amide bonds. The normalized spacial score (nSPS) is 34.6. The predicted octanol–water partition coefficient (Wildman–Crippen LogP) is 4.01. The Balaban J connectivity index is 1.88. The molecular formula is C18H36N2S. The molecule has 1 aliphatic heterocycles. The van der Waals surface area contributed by atoms with E-state index < -0.39 is 0 Å². The van der Waals surface area contributed by atoms with Gasteiger partial charge in [0.1, 0.15) is 0 Å². The Morgan fingerprint density at radius 2 is 2.05 bits per heavy atom. The average Bonchev–Trinajstić information content (AvgIpc) is 2.61. The van der Waals surface area contributed by atoms with Gasteiger partial charge in [-0.15, -0.1) is 0 Å². The van der Waals surface area contributed by atoms with Crippen LogP contribution in [-0.4, -0.2) is 48.1 Å². The van der Waals surface area contributed by atoms with Crippen LogP contribution in [0.3, 0.4) is 0 Å². The van der Waals surface area contributed by atoms with E-state index in [4.69, 9.17) is 0 Å². The van der Waals surface area contributed by atoms with Crippen LogP contribution in [0.1, 0.15) is 59.3 Å². The topological polar surface area (TPSA) is 15.3 Å². The molecule has 2 nitrogen and oxygen atoms in total. The Hall–Kier alpha value is 0.270. The van der Waals surface area contributed by atoms with Crippen LogP contribution in [0.25, 0.3) is 0 Å². The highest BCUT2D eigenvalue weighted by Gasteiger charge is 2.31. The van der Waals surface area contributed by atoms with E-state index in [0.717, 1.165) is 17.9 Å². The zero-order valence-electron chi connectivity index (χ0n) is 14.7. The quantitative estimate of drug-likeness (QED) is 0.826. The fourth-order valence-corrected chi connectivity index (χ4v) is 5.33. The molecule has 1 N–H and O–H groups in total. The van der Waals surface area contributed by atoms with Crippen molar-refractivity contribution >= 4 is 11.8 Å². The molecule has 0 aromatic rings. The molecule has 3 unspecified atom stereocenters. The van der Waals surface area contributed by atoms with Crippen LogP contribution < -0.4 is 5.32 Å². The second-order valence-corrected chi connectivity index (χ2v) is 9.58. The first kappa shape index (κ1) is 17.6. The van der Waals surface area contributed by atoms with Crippen molar-refractivity contribution < 1.29 is 0 Å². The molecule has 2 rings (SSSR count). The van der Waals surface area contributed by atoms with Gasteiger partial charge in [-0.05, 0) is 51.1 Å². The lowest BCUT2D eigenvalue weighted by atomic mass is 9.76. The molecule has 0 bridgehead atoms. The lowest BCUT2D eigenvalue weighted by molar-refractivity contribution is 0.142. The lowest BCUT2D eigenvalue weighted by Gasteiger charge is -2.39. The van der Waals surface area contributed by atoms with Crippen LogP contribution in [0.2, 0.25) is 0 Å².